The van der Waals surface area contributed by atoms with Gasteiger partial charge in [-0.25, -0.2) is 0 Å². The van der Waals surface area contributed by atoms with Crippen molar-refractivity contribution >= 4 is 0 Å². The molecular weight excluding hydrogens is 216 g/mol. The summed E-state index contributed by atoms with van der Waals surface area (Å²) in [7, 11) is 0. The van der Waals surface area contributed by atoms with Crippen molar-refractivity contribution in [2.24, 2.45) is 5.73 Å². The van der Waals surface area contributed by atoms with E-state index in [4.69, 9.17) is 15.2 Å². The molecule has 17 heavy (non-hydrogen) atoms. The predicted octanol–water partition coefficient (Wildman–Crippen LogP) is 0.994. The molecule has 0 amide bonds. The molecule has 0 aromatic heterocycles. The van der Waals surface area contributed by atoms with Gasteiger partial charge in [0.2, 0.25) is 0 Å². The Balaban J connectivity index is 1.94. The number of ether oxygens (including phenoxy) is 2. The Labute approximate surface area is 104 Å². The van der Waals surface area contributed by atoms with Gasteiger partial charge < -0.3 is 15.2 Å². The maximum Gasteiger partial charge on any atom is 0.0743 e. The number of likely N-dealkylation sites (tertiary alicyclic amines) is 1. The highest BCUT2D eigenvalue weighted by Gasteiger charge is 2.46. The second kappa shape index (κ2) is 5.65. The lowest BCUT2D eigenvalue weighted by Crippen LogP contribution is -2.60. The lowest BCUT2D eigenvalue weighted by atomic mass is 9.87. The van der Waals surface area contributed by atoms with E-state index in [1.807, 2.05) is 0 Å². The Morgan fingerprint density at radius 1 is 1.41 bits per heavy atom. The number of rotatable bonds is 4. The van der Waals surface area contributed by atoms with Crippen LogP contribution in [0.1, 0.15) is 33.1 Å². The normalized spacial score (nSPS) is 36.5. The molecule has 4 heteroatoms. The average molecular weight is 242 g/mol. The van der Waals surface area contributed by atoms with Crippen molar-refractivity contribution in [1.82, 2.24) is 4.90 Å². The van der Waals surface area contributed by atoms with E-state index in [0.29, 0.717) is 12.6 Å². The van der Waals surface area contributed by atoms with Gasteiger partial charge in [0, 0.05) is 32.8 Å². The van der Waals surface area contributed by atoms with Gasteiger partial charge in [-0.1, -0.05) is 0 Å². The first-order valence-corrected chi connectivity index (χ1v) is 6.91. The number of piperidine rings is 1. The van der Waals surface area contributed by atoms with E-state index < -0.39 is 0 Å². The maximum absolute atomic E-state index is 6.03. The fourth-order valence-electron chi connectivity index (χ4n) is 3.29. The summed E-state index contributed by atoms with van der Waals surface area (Å²) in [6.07, 6.45) is 4.04. The molecule has 2 aliphatic heterocycles. The Kier molecular flexibility index (Phi) is 4.42. The number of hydrogen-bond acceptors (Lipinski definition) is 4. The van der Waals surface area contributed by atoms with E-state index in [9.17, 15) is 0 Å². The van der Waals surface area contributed by atoms with Crippen molar-refractivity contribution in [1.29, 1.82) is 0 Å². The molecule has 2 unspecified atom stereocenters. The van der Waals surface area contributed by atoms with Gasteiger partial charge in [0.15, 0.2) is 0 Å². The van der Waals surface area contributed by atoms with Gasteiger partial charge in [0.05, 0.1) is 17.7 Å². The molecular formula is C13H26N2O2. The summed E-state index contributed by atoms with van der Waals surface area (Å²) in [5.41, 5.74) is 6.11. The first-order valence-electron chi connectivity index (χ1n) is 6.91. The number of nitrogens with zero attached hydrogens (tertiary/aromatic N) is 1. The first kappa shape index (κ1) is 13.3. The van der Waals surface area contributed by atoms with Crippen LogP contribution in [0.25, 0.3) is 0 Å². The molecule has 2 saturated heterocycles. The standard InChI is InChI=1S/C13H26N2O2/c1-3-16-12-4-7-15(8-5-12)13(10-14)6-9-17-11(13)2/h11-12H,3-10,14H2,1-2H3. The summed E-state index contributed by atoms with van der Waals surface area (Å²) < 4.78 is 11.4. The van der Waals surface area contributed by atoms with Crippen LogP contribution in [0.3, 0.4) is 0 Å². The minimum Gasteiger partial charge on any atom is -0.378 e. The highest BCUT2D eigenvalue weighted by atomic mass is 16.5. The van der Waals surface area contributed by atoms with Crippen molar-refractivity contribution in [2.75, 3.05) is 32.8 Å². The van der Waals surface area contributed by atoms with Gasteiger partial charge in [-0.15, -0.1) is 0 Å². The molecule has 0 radical (unpaired) electrons. The van der Waals surface area contributed by atoms with Crippen LogP contribution in [0.15, 0.2) is 0 Å². The minimum atomic E-state index is 0.0805. The van der Waals surface area contributed by atoms with E-state index in [2.05, 4.69) is 18.7 Å². The van der Waals surface area contributed by atoms with Gasteiger partial charge in [-0.05, 0) is 33.1 Å². The van der Waals surface area contributed by atoms with Gasteiger partial charge >= 0.3 is 0 Å². The van der Waals surface area contributed by atoms with Crippen molar-refractivity contribution in [3.63, 3.8) is 0 Å². The molecule has 2 rings (SSSR count). The minimum absolute atomic E-state index is 0.0805. The molecule has 0 aromatic carbocycles. The first-order chi connectivity index (χ1) is 8.23. The Morgan fingerprint density at radius 2 is 2.12 bits per heavy atom. The summed E-state index contributed by atoms with van der Waals surface area (Å²) in [5, 5.41) is 0. The summed E-state index contributed by atoms with van der Waals surface area (Å²) in [6, 6.07) is 0. The largest absolute Gasteiger partial charge is 0.378 e. The second-order valence-corrected chi connectivity index (χ2v) is 5.21. The predicted molar refractivity (Wildman–Crippen MR) is 68.0 cm³/mol. The monoisotopic (exact) mass is 242 g/mol. The Bertz CT molecular complexity index is 242. The lowest BCUT2D eigenvalue weighted by molar-refractivity contribution is -0.0394. The molecule has 100 valence electrons. The van der Waals surface area contributed by atoms with Crippen LogP contribution in [0, 0.1) is 0 Å². The van der Waals surface area contributed by atoms with E-state index >= 15 is 0 Å². The van der Waals surface area contributed by atoms with E-state index in [1.54, 1.807) is 0 Å². The average Bonchev–Trinajstić information content (AvgIpc) is 2.73. The lowest BCUT2D eigenvalue weighted by Gasteiger charge is -2.46. The fraction of sp³-hybridized carbons (Fsp3) is 1.00. The van der Waals surface area contributed by atoms with Gasteiger partial charge in [-0.3, -0.25) is 4.90 Å². The zero-order chi connectivity index (χ0) is 12.3. The van der Waals surface area contributed by atoms with Crippen LogP contribution in [0.4, 0.5) is 0 Å². The summed E-state index contributed by atoms with van der Waals surface area (Å²) in [6.45, 7) is 8.80. The third kappa shape index (κ3) is 2.50. The Hall–Kier alpha value is -0.160. The Morgan fingerprint density at radius 3 is 2.59 bits per heavy atom. The highest BCUT2D eigenvalue weighted by molar-refractivity contribution is 5.01. The van der Waals surface area contributed by atoms with Crippen molar-refractivity contribution < 1.29 is 9.47 Å². The van der Waals surface area contributed by atoms with Crippen molar-refractivity contribution in [3.8, 4) is 0 Å². The van der Waals surface area contributed by atoms with Crippen molar-refractivity contribution in [3.05, 3.63) is 0 Å². The molecule has 4 nitrogen and oxygen atoms in total. The number of nitrogens with two attached hydrogens (primary N) is 1. The number of hydrogen-bond donors (Lipinski definition) is 1. The molecule has 0 saturated carbocycles. The molecule has 2 aliphatic rings. The summed E-state index contributed by atoms with van der Waals surface area (Å²) >= 11 is 0. The maximum atomic E-state index is 6.03. The summed E-state index contributed by atoms with van der Waals surface area (Å²) in [5.74, 6) is 0. The second-order valence-electron chi connectivity index (χ2n) is 5.21. The van der Waals surface area contributed by atoms with E-state index in [0.717, 1.165) is 45.6 Å². The molecule has 0 aliphatic carbocycles. The van der Waals surface area contributed by atoms with Crippen LogP contribution < -0.4 is 5.73 Å². The molecule has 0 bridgehead atoms. The van der Waals surface area contributed by atoms with E-state index in [1.165, 1.54) is 0 Å². The zero-order valence-electron chi connectivity index (χ0n) is 11.2. The molecule has 2 fully saturated rings. The van der Waals surface area contributed by atoms with Crippen LogP contribution >= 0.6 is 0 Å². The van der Waals surface area contributed by atoms with Gasteiger partial charge in [0.1, 0.15) is 0 Å². The topological polar surface area (TPSA) is 47.7 Å². The molecule has 2 heterocycles. The smallest absolute Gasteiger partial charge is 0.0743 e. The van der Waals surface area contributed by atoms with Crippen molar-refractivity contribution in [2.45, 2.75) is 50.9 Å². The van der Waals surface area contributed by atoms with Crippen LogP contribution in [0.5, 0.6) is 0 Å². The van der Waals surface area contributed by atoms with Crippen LogP contribution in [-0.2, 0) is 9.47 Å². The third-order valence-electron chi connectivity index (χ3n) is 4.49. The molecule has 0 spiro atoms. The van der Waals surface area contributed by atoms with Crippen LogP contribution in [-0.4, -0.2) is 55.5 Å². The third-order valence-corrected chi connectivity index (χ3v) is 4.49. The SMILES string of the molecule is CCOC1CCN(C2(CN)CCOC2C)CC1. The molecule has 0 aromatic rings. The quantitative estimate of drug-likeness (QED) is 0.799. The summed E-state index contributed by atoms with van der Waals surface area (Å²) in [4.78, 5) is 2.54. The zero-order valence-corrected chi connectivity index (χ0v) is 11.2. The van der Waals surface area contributed by atoms with E-state index in [-0.39, 0.29) is 11.6 Å². The van der Waals surface area contributed by atoms with Crippen LogP contribution in [0.2, 0.25) is 0 Å². The molecule has 2 atom stereocenters. The molecule has 2 N–H and O–H groups in total. The van der Waals surface area contributed by atoms with Gasteiger partial charge in [-0.2, -0.15) is 0 Å². The van der Waals surface area contributed by atoms with Gasteiger partial charge in [0.25, 0.3) is 0 Å². The fourth-order valence-corrected chi connectivity index (χ4v) is 3.29. The highest BCUT2D eigenvalue weighted by Crippen LogP contribution is 2.33.